The summed E-state index contributed by atoms with van der Waals surface area (Å²) in [5.41, 5.74) is 5.15. The fraction of sp³-hybridized carbons (Fsp3) is 0.667. The fourth-order valence-corrected chi connectivity index (χ4v) is 2.98. The Bertz CT molecular complexity index is 406. The van der Waals surface area contributed by atoms with E-state index < -0.39 is 0 Å². The molecule has 2 rings (SSSR count). The Balaban J connectivity index is 1.92. The molecule has 0 spiro atoms. The molecule has 0 saturated heterocycles. The van der Waals surface area contributed by atoms with Gasteiger partial charge in [0.2, 0.25) is 0 Å². The van der Waals surface area contributed by atoms with Crippen LogP contribution in [-0.4, -0.2) is 13.1 Å². The van der Waals surface area contributed by atoms with Crippen LogP contribution in [0.25, 0.3) is 0 Å². The standard InChI is InChI=1S/C18H29N/c1-4-19-14-18(2,3)12-11-15-9-10-16-7-5-6-8-17(16)13-15/h9-10,13,19H,4-8,11-12,14H2,1-3H3. The molecule has 0 radical (unpaired) electrons. The van der Waals surface area contributed by atoms with Gasteiger partial charge in [-0.3, -0.25) is 0 Å². The average molecular weight is 259 g/mol. The SMILES string of the molecule is CCNCC(C)(C)CCc1ccc2c(c1)CCCC2. The van der Waals surface area contributed by atoms with Gasteiger partial charge >= 0.3 is 0 Å². The van der Waals surface area contributed by atoms with E-state index in [-0.39, 0.29) is 0 Å². The molecule has 1 N–H and O–H groups in total. The Hall–Kier alpha value is -0.820. The van der Waals surface area contributed by atoms with E-state index in [1.165, 1.54) is 44.1 Å². The van der Waals surface area contributed by atoms with Crippen LogP contribution in [0.2, 0.25) is 0 Å². The molecule has 1 nitrogen and oxygen atoms in total. The van der Waals surface area contributed by atoms with Crippen molar-refractivity contribution < 1.29 is 0 Å². The monoisotopic (exact) mass is 259 g/mol. The van der Waals surface area contributed by atoms with Crippen molar-refractivity contribution in [2.24, 2.45) is 5.41 Å². The van der Waals surface area contributed by atoms with Crippen molar-refractivity contribution in [1.29, 1.82) is 0 Å². The zero-order valence-corrected chi connectivity index (χ0v) is 12.9. The molecule has 0 unspecified atom stereocenters. The van der Waals surface area contributed by atoms with Crippen LogP contribution in [0.4, 0.5) is 0 Å². The summed E-state index contributed by atoms with van der Waals surface area (Å²) in [6, 6.07) is 7.20. The van der Waals surface area contributed by atoms with E-state index in [2.05, 4.69) is 44.3 Å². The second kappa shape index (κ2) is 6.56. The van der Waals surface area contributed by atoms with Gasteiger partial charge in [-0.05, 0) is 67.2 Å². The molecular formula is C18H29N. The van der Waals surface area contributed by atoms with Crippen molar-refractivity contribution >= 4 is 0 Å². The Morgan fingerprint density at radius 2 is 1.84 bits per heavy atom. The minimum absolute atomic E-state index is 0.395. The largest absolute Gasteiger partial charge is 0.316 e. The Morgan fingerprint density at radius 1 is 1.11 bits per heavy atom. The highest BCUT2D eigenvalue weighted by molar-refractivity contribution is 5.33. The molecule has 1 aliphatic rings. The Labute approximate surface area is 118 Å². The number of aryl methyl sites for hydroxylation is 3. The topological polar surface area (TPSA) is 12.0 Å². The van der Waals surface area contributed by atoms with Gasteiger partial charge in [0.1, 0.15) is 0 Å². The van der Waals surface area contributed by atoms with Crippen molar-refractivity contribution in [1.82, 2.24) is 5.32 Å². The van der Waals surface area contributed by atoms with Gasteiger partial charge < -0.3 is 5.32 Å². The number of rotatable bonds is 6. The zero-order chi connectivity index (χ0) is 13.7. The predicted octanol–water partition coefficient (Wildman–Crippen LogP) is 4.13. The summed E-state index contributed by atoms with van der Waals surface area (Å²) in [5, 5.41) is 3.47. The smallest absolute Gasteiger partial charge is 0.000251 e. The normalized spacial score (nSPS) is 15.3. The third kappa shape index (κ3) is 4.35. The summed E-state index contributed by atoms with van der Waals surface area (Å²) in [6.45, 7) is 9.11. The predicted molar refractivity (Wildman–Crippen MR) is 83.7 cm³/mol. The first-order valence-corrected chi connectivity index (χ1v) is 7.92. The maximum absolute atomic E-state index is 3.47. The Kier molecular flexibility index (Phi) is 5.04. The molecule has 19 heavy (non-hydrogen) atoms. The van der Waals surface area contributed by atoms with Crippen LogP contribution in [-0.2, 0) is 19.3 Å². The molecule has 106 valence electrons. The van der Waals surface area contributed by atoms with Crippen LogP contribution in [0.15, 0.2) is 18.2 Å². The maximum atomic E-state index is 3.47. The first-order valence-electron chi connectivity index (χ1n) is 7.92. The van der Waals surface area contributed by atoms with Gasteiger partial charge in [-0.2, -0.15) is 0 Å². The van der Waals surface area contributed by atoms with E-state index in [0.29, 0.717) is 5.41 Å². The lowest BCUT2D eigenvalue weighted by molar-refractivity contribution is 0.318. The van der Waals surface area contributed by atoms with Crippen LogP contribution >= 0.6 is 0 Å². The van der Waals surface area contributed by atoms with E-state index in [1.807, 2.05) is 0 Å². The van der Waals surface area contributed by atoms with Gasteiger partial charge in [0.25, 0.3) is 0 Å². The van der Waals surface area contributed by atoms with Gasteiger partial charge in [0.15, 0.2) is 0 Å². The summed E-state index contributed by atoms with van der Waals surface area (Å²) in [7, 11) is 0. The van der Waals surface area contributed by atoms with Gasteiger partial charge in [-0.25, -0.2) is 0 Å². The van der Waals surface area contributed by atoms with E-state index in [9.17, 15) is 0 Å². The molecule has 0 fully saturated rings. The zero-order valence-electron chi connectivity index (χ0n) is 12.9. The second-order valence-corrected chi connectivity index (χ2v) is 6.75. The Morgan fingerprint density at radius 3 is 2.58 bits per heavy atom. The molecular weight excluding hydrogens is 230 g/mol. The molecule has 0 bridgehead atoms. The minimum atomic E-state index is 0.395. The van der Waals surface area contributed by atoms with Gasteiger partial charge in [-0.15, -0.1) is 0 Å². The highest BCUT2D eigenvalue weighted by Gasteiger charge is 2.17. The van der Waals surface area contributed by atoms with Crippen LogP contribution in [0.5, 0.6) is 0 Å². The molecule has 0 aromatic heterocycles. The quantitative estimate of drug-likeness (QED) is 0.810. The third-order valence-electron chi connectivity index (χ3n) is 4.36. The van der Waals surface area contributed by atoms with Crippen LogP contribution in [0.3, 0.4) is 0 Å². The average Bonchev–Trinajstić information content (AvgIpc) is 2.43. The number of hydrogen-bond acceptors (Lipinski definition) is 1. The first-order chi connectivity index (χ1) is 9.11. The summed E-state index contributed by atoms with van der Waals surface area (Å²) >= 11 is 0. The molecule has 0 atom stereocenters. The summed E-state index contributed by atoms with van der Waals surface area (Å²) in [6.07, 6.45) is 7.82. The molecule has 0 aliphatic heterocycles. The van der Waals surface area contributed by atoms with E-state index in [4.69, 9.17) is 0 Å². The molecule has 1 heteroatoms. The van der Waals surface area contributed by atoms with E-state index >= 15 is 0 Å². The molecule has 0 saturated carbocycles. The first kappa shape index (κ1) is 14.6. The highest BCUT2D eigenvalue weighted by atomic mass is 14.9. The van der Waals surface area contributed by atoms with Crippen molar-refractivity contribution in [2.75, 3.05) is 13.1 Å². The van der Waals surface area contributed by atoms with Crippen LogP contribution in [0, 0.1) is 5.41 Å². The van der Waals surface area contributed by atoms with Crippen molar-refractivity contribution in [3.63, 3.8) is 0 Å². The van der Waals surface area contributed by atoms with Gasteiger partial charge in [0.05, 0.1) is 0 Å². The lowest BCUT2D eigenvalue weighted by Crippen LogP contribution is -2.29. The summed E-state index contributed by atoms with van der Waals surface area (Å²) in [5.74, 6) is 0. The molecule has 1 aliphatic carbocycles. The number of fused-ring (bicyclic) bond motifs is 1. The third-order valence-corrected chi connectivity index (χ3v) is 4.36. The molecule has 0 heterocycles. The van der Waals surface area contributed by atoms with Crippen molar-refractivity contribution in [3.05, 3.63) is 34.9 Å². The highest BCUT2D eigenvalue weighted by Crippen LogP contribution is 2.25. The van der Waals surface area contributed by atoms with E-state index in [0.717, 1.165) is 13.1 Å². The number of hydrogen-bond donors (Lipinski definition) is 1. The number of nitrogens with one attached hydrogen (secondary N) is 1. The minimum Gasteiger partial charge on any atom is -0.316 e. The van der Waals surface area contributed by atoms with Gasteiger partial charge in [0, 0.05) is 6.54 Å². The summed E-state index contributed by atoms with van der Waals surface area (Å²) in [4.78, 5) is 0. The van der Waals surface area contributed by atoms with Crippen LogP contribution < -0.4 is 5.32 Å². The molecule has 1 aromatic rings. The van der Waals surface area contributed by atoms with Gasteiger partial charge in [-0.1, -0.05) is 39.0 Å². The fourth-order valence-electron chi connectivity index (χ4n) is 2.98. The second-order valence-electron chi connectivity index (χ2n) is 6.75. The van der Waals surface area contributed by atoms with Crippen molar-refractivity contribution in [3.8, 4) is 0 Å². The maximum Gasteiger partial charge on any atom is 0.000251 e. The summed E-state index contributed by atoms with van der Waals surface area (Å²) < 4.78 is 0. The van der Waals surface area contributed by atoms with Crippen molar-refractivity contribution in [2.45, 2.75) is 59.3 Å². The van der Waals surface area contributed by atoms with E-state index in [1.54, 1.807) is 11.1 Å². The molecule has 0 amide bonds. The molecule has 1 aromatic carbocycles. The lowest BCUT2D eigenvalue weighted by atomic mass is 9.84. The van der Waals surface area contributed by atoms with Crippen LogP contribution in [0.1, 0.15) is 56.7 Å². The lowest BCUT2D eigenvalue weighted by Gasteiger charge is -2.25. The number of benzene rings is 1.